The van der Waals surface area contributed by atoms with Crippen molar-refractivity contribution in [1.29, 1.82) is 0 Å². The number of anilines is 1. The lowest BCUT2D eigenvalue weighted by molar-refractivity contribution is -0.139. The van der Waals surface area contributed by atoms with Gasteiger partial charge >= 0.3 is 0 Å². The normalized spacial score (nSPS) is 11.9. The predicted octanol–water partition coefficient (Wildman–Crippen LogP) is 4.84. The molecular weight excluding hydrogens is 526 g/mol. The zero-order chi connectivity index (χ0) is 29.3. The lowest BCUT2D eigenvalue weighted by Gasteiger charge is -2.32. The van der Waals surface area contributed by atoms with Gasteiger partial charge < -0.3 is 15.0 Å². The molecule has 9 heteroatoms. The summed E-state index contributed by atoms with van der Waals surface area (Å²) in [4.78, 5) is 28.5. The smallest absolute Gasteiger partial charge is 0.264 e. The monoisotopic (exact) mass is 565 g/mol. The SMILES string of the molecule is CCCNC(=O)C(C)N(Cc1ccc(C)cc1)C(=O)CN(c1ccccc1OCC)S(=O)(=O)c1ccc(C)cc1. The summed E-state index contributed by atoms with van der Waals surface area (Å²) in [6.45, 7) is 9.67. The minimum Gasteiger partial charge on any atom is -0.492 e. The van der Waals surface area contributed by atoms with Gasteiger partial charge in [0.25, 0.3) is 10.0 Å². The quantitative estimate of drug-likeness (QED) is 0.320. The van der Waals surface area contributed by atoms with Crippen LogP contribution >= 0.6 is 0 Å². The zero-order valence-corrected chi connectivity index (χ0v) is 24.7. The molecule has 1 unspecified atom stereocenters. The second-order valence-corrected chi connectivity index (χ2v) is 11.6. The molecule has 0 spiro atoms. The number of nitrogens with one attached hydrogen (secondary N) is 1. The van der Waals surface area contributed by atoms with Gasteiger partial charge in [-0.2, -0.15) is 0 Å². The van der Waals surface area contributed by atoms with E-state index in [1.54, 1.807) is 50.2 Å². The van der Waals surface area contributed by atoms with Gasteiger partial charge in [-0.05, 0) is 63.9 Å². The first-order valence-electron chi connectivity index (χ1n) is 13.5. The van der Waals surface area contributed by atoms with Crippen LogP contribution in [-0.2, 0) is 26.2 Å². The number of ether oxygens (including phenoxy) is 1. The summed E-state index contributed by atoms with van der Waals surface area (Å²) in [5.74, 6) is -0.473. The largest absolute Gasteiger partial charge is 0.492 e. The second kappa shape index (κ2) is 14.0. The van der Waals surface area contributed by atoms with Gasteiger partial charge in [-0.1, -0.05) is 66.6 Å². The summed E-state index contributed by atoms with van der Waals surface area (Å²) < 4.78 is 34.9. The molecule has 0 radical (unpaired) electrons. The molecule has 0 aliphatic carbocycles. The van der Waals surface area contributed by atoms with Crippen LogP contribution in [0, 0.1) is 13.8 Å². The Kier molecular flexibility index (Phi) is 10.7. The molecule has 3 aromatic carbocycles. The first kappa shape index (κ1) is 30.7. The third-order valence-electron chi connectivity index (χ3n) is 6.51. The van der Waals surface area contributed by atoms with E-state index in [-0.39, 0.29) is 23.0 Å². The molecular formula is C31H39N3O5S. The van der Waals surface area contributed by atoms with Crippen LogP contribution in [0.4, 0.5) is 5.69 Å². The number of rotatable bonds is 13. The standard InChI is InChI=1S/C31H39N3O5S/c1-6-20-32-31(36)25(5)33(21-26-16-12-23(3)13-17-26)30(35)22-34(28-10-8-9-11-29(28)39-7-2)40(37,38)27-18-14-24(4)15-19-27/h8-19,25H,6-7,20-22H2,1-5H3,(H,32,36). The Hall–Kier alpha value is -3.85. The van der Waals surface area contributed by atoms with Crippen molar-refractivity contribution in [1.82, 2.24) is 10.2 Å². The van der Waals surface area contributed by atoms with E-state index >= 15 is 0 Å². The van der Waals surface area contributed by atoms with Gasteiger partial charge in [0, 0.05) is 13.1 Å². The van der Waals surface area contributed by atoms with Gasteiger partial charge in [-0.15, -0.1) is 0 Å². The first-order chi connectivity index (χ1) is 19.1. The van der Waals surface area contributed by atoms with Crippen molar-refractivity contribution in [3.8, 4) is 5.75 Å². The van der Waals surface area contributed by atoms with Crippen LogP contribution in [0.25, 0.3) is 0 Å². The van der Waals surface area contributed by atoms with Gasteiger partial charge in [0.15, 0.2) is 0 Å². The third-order valence-corrected chi connectivity index (χ3v) is 8.29. The number of carbonyl (C=O) groups excluding carboxylic acids is 2. The second-order valence-electron chi connectivity index (χ2n) is 9.70. The Balaban J connectivity index is 2.06. The molecule has 8 nitrogen and oxygen atoms in total. The van der Waals surface area contributed by atoms with E-state index in [0.29, 0.717) is 18.9 Å². The highest BCUT2D eigenvalue weighted by molar-refractivity contribution is 7.92. The lowest BCUT2D eigenvalue weighted by Crippen LogP contribution is -2.51. The summed E-state index contributed by atoms with van der Waals surface area (Å²) in [5, 5.41) is 2.85. The number of aryl methyl sites for hydroxylation is 2. The maximum absolute atomic E-state index is 14.0. The van der Waals surface area contributed by atoms with E-state index in [2.05, 4.69) is 5.32 Å². The molecule has 0 aliphatic heterocycles. The highest BCUT2D eigenvalue weighted by Gasteiger charge is 2.33. The van der Waals surface area contributed by atoms with Gasteiger partial charge in [-0.3, -0.25) is 13.9 Å². The van der Waals surface area contributed by atoms with E-state index < -0.39 is 28.5 Å². The van der Waals surface area contributed by atoms with E-state index in [9.17, 15) is 18.0 Å². The highest BCUT2D eigenvalue weighted by Crippen LogP contribution is 2.33. The summed E-state index contributed by atoms with van der Waals surface area (Å²) in [6, 6.07) is 20.1. The molecule has 0 aliphatic rings. The van der Waals surface area contributed by atoms with Gasteiger partial charge in [0.1, 0.15) is 18.3 Å². The molecule has 0 heterocycles. The van der Waals surface area contributed by atoms with Crippen molar-refractivity contribution in [2.24, 2.45) is 0 Å². The number of sulfonamides is 1. The molecule has 3 aromatic rings. The minimum absolute atomic E-state index is 0.0519. The fraction of sp³-hybridized carbons (Fsp3) is 0.355. The molecule has 1 atom stereocenters. The van der Waals surface area contributed by atoms with Crippen LogP contribution in [0.1, 0.15) is 43.9 Å². The number of nitrogens with zero attached hydrogens (tertiary/aromatic N) is 2. The molecule has 0 bridgehead atoms. The third kappa shape index (κ3) is 7.63. The molecule has 0 saturated heterocycles. The number of hydrogen-bond donors (Lipinski definition) is 1. The van der Waals surface area contributed by atoms with Crippen LogP contribution in [-0.4, -0.2) is 50.9 Å². The zero-order valence-electron chi connectivity index (χ0n) is 23.9. The maximum atomic E-state index is 14.0. The van der Waals surface area contributed by atoms with Crippen LogP contribution in [0.5, 0.6) is 5.75 Å². The molecule has 2 amide bonds. The van der Waals surface area contributed by atoms with Crippen LogP contribution in [0.15, 0.2) is 77.7 Å². The van der Waals surface area contributed by atoms with Gasteiger partial charge in [0.2, 0.25) is 11.8 Å². The molecule has 1 N–H and O–H groups in total. The van der Waals surface area contributed by atoms with E-state index in [4.69, 9.17) is 4.74 Å². The van der Waals surface area contributed by atoms with Crippen LogP contribution in [0.3, 0.4) is 0 Å². The van der Waals surface area contributed by atoms with Crippen molar-refractivity contribution in [3.05, 3.63) is 89.5 Å². The maximum Gasteiger partial charge on any atom is 0.264 e. The Morgan fingerprint density at radius 2 is 1.50 bits per heavy atom. The Bertz CT molecular complexity index is 1390. The first-order valence-corrected chi connectivity index (χ1v) is 15.0. The van der Waals surface area contributed by atoms with E-state index in [0.717, 1.165) is 27.4 Å². The number of amides is 2. The van der Waals surface area contributed by atoms with Gasteiger partial charge in [0.05, 0.1) is 17.2 Å². The average molecular weight is 566 g/mol. The van der Waals surface area contributed by atoms with E-state index in [1.165, 1.54) is 17.0 Å². The minimum atomic E-state index is -4.17. The van der Waals surface area contributed by atoms with Crippen molar-refractivity contribution in [2.75, 3.05) is 24.0 Å². The Morgan fingerprint density at radius 3 is 2.10 bits per heavy atom. The van der Waals surface area contributed by atoms with Crippen molar-refractivity contribution >= 4 is 27.5 Å². The number of benzene rings is 3. The lowest BCUT2D eigenvalue weighted by atomic mass is 10.1. The van der Waals surface area contributed by atoms with Crippen LogP contribution < -0.4 is 14.4 Å². The van der Waals surface area contributed by atoms with Crippen molar-refractivity contribution < 1.29 is 22.7 Å². The average Bonchev–Trinajstić information content (AvgIpc) is 2.94. The molecule has 0 saturated carbocycles. The summed E-state index contributed by atoms with van der Waals surface area (Å²) in [7, 11) is -4.17. The molecule has 3 rings (SSSR count). The molecule has 214 valence electrons. The Labute approximate surface area is 238 Å². The summed E-state index contributed by atoms with van der Waals surface area (Å²) >= 11 is 0. The number of para-hydroxylation sites is 2. The summed E-state index contributed by atoms with van der Waals surface area (Å²) in [5.41, 5.74) is 3.05. The van der Waals surface area contributed by atoms with E-state index in [1.807, 2.05) is 45.0 Å². The topological polar surface area (TPSA) is 96.0 Å². The fourth-order valence-electron chi connectivity index (χ4n) is 4.16. The van der Waals surface area contributed by atoms with Crippen LogP contribution in [0.2, 0.25) is 0 Å². The predicted molar refractivity (Wildman–Crippen MR) is 158 cm³/mol. The number of hydrogen-bond acceptors (Lipinski definition) is 5. The molecule has 0 aromatic heterocycles. The summed E-state index contributed by atoms with van der Waals surface area (Å²) in [6.07, 6.45) is 0.751. The fourth-order valence-corrected chi connectivity index (χ4v) is 5.58. The number of carbonyl (C=O) groups is 2. The Morgan fingerprint density at radius 1 is 0.900 bits per heavy atom. The molecule has 0 fully saturated rings. The van der Waals surface area contributed by atoms with Crippen molar-refractivity contribution in [2.45, 2.75) is 58.5 Å². The highest BCUT2D eigenvalue weighted by atomic mass is 32.2. The van der Waals surface area contributed by atoms with Gasteiger partial charge in [-0.25, -0.2) is 8.42 Å². The van der Waals surface area contributed by atoms with Crippen molar-refractivity contribution in [3.63, 3.8) is 0 Å². The molecule has 40 heavy (non-hydrogen) atoms.